The molecular formula is C13H14N2O2. The van der Waals surface area contributed by atoms with Crippen molar-refractivity contribution in [2.75, 3.05) is 0 Å². The van der Waals surface area contributed by atoms with Crippen LogP contribution in [0.25, 0.3) is 0 Å². The molecule has 2 aromatic rings. The number of nitrogens with one attached hydrogen (secondary N) is 1. The molecule has 0 fully saturated rings. The van der Waals surface area contributed by atoms with Gasteiger partial charge in [-0.15, -0.1) is 0 Å². The van der Waals surface area contributed by atoms with Gasteiger partial charge in [-0.2, -0.15) is 0 Å². The van der Waals surface area contributed by atoms with E-state index in [1.807, 2.05) is 26.0 Å². The van der Waals surface area contributed by atoms with Crippen molar-refractivity contribution < 1.29 is 9.21 Å². The fourth-order valence-electron chi connectivity index (χ4n) is 1.56. The van der Waals surface area contributed by atoms with Crippen LogP contribution in [0, 0.1) is 0 Å². The molecule has 0 unspecified atom stereocenters. The highest BCUT2D eigenvalue weighted by atomic mass is 16.3. The first-order valence-corrected chi connectivity index (χ1v) is 5.36. The normalized spacial score (nSPS) is 11.2. The molecule has 1 amide bonds. The van der Waals surface area contributed by atoms with E-state index in [0.29, 0.717) is 5.76 Å². The molecule has 0 radical (unpaired) electrons. The van der Waals surface area contributed by atoms with E-state index in [1.54, 1.807) is 24.5 Å². The topological polar surface area (TPSA) is 55.1 Å². The number of amides is 1. The maximum Gasteiger partial charge on any atom is 0.287 e. The number of carbonyl (C=O) groups excluding carboxylic acids is 1. The second kappa shape index (κ2) is 4.41. The smallest absolute Gasteiger partial charge is 0.287 e. The van der Waals surface area contributed by atoms with Gasteiger partial charge in [-0.1, -0.05) is 6.07 Å². The summed E-state index contributed by atoms with van der Waals surface area (Å²) in [5.74, 6) is 0.0748. The number of pyridine rings is 1. The van der Waals surface area contributed by atoms with E-state index in [0.717, 1.165) is 5.56 Å². The van der Waals surface area contributed by atoms with Crippen molar-refractivity contribution in [1.82, 2.24) is 10.3 Å². The Morgan fingerprint density at radius 2 is 2.18 bits per heavy atom. The van der Waals surface area contributed by atoms with Gasteiger partial charge in [-0.25, -0.2) is 0 Å². The van der Waals surface area contributed by atoms with Crippen LogP contribution in [0.15, 0.2) is 47.3 Å². The van der Waals surface area contributed by atoms with Gasteiger partial charge in [0.1, 0.15) is 0 Å². The van der Waals surface area contributed by atoms with Gasteiger partial charge in [0.15, 0.2) is 5.76 Å². The van der Waals surface area contributed by atoms with E-state index in [-0.39, 0.29) is 5.91 Å². The van der Waals surface area contributed by atoms with Gasteiger partial charge in [-0.05, 0) is 37.6 Å². The standard InChI is InChI=1S/C13H14N2O2/c1-13(2,10-5-3-7-14-9-10)15-12(16)11-6-4-8-17-11/h3-9H,1-2H3,(H,15,16). The minimum atomic E-state index is -0.488. The molecule has 0 atom stereocenters. The average molecular weight is 230 g/mol. The molecule has 0 bridgehead atoms. The van der Waals surface area contributed by atoms with E-state index in [9.17, 15) is 4.79 Å². The summed E-state index contributed by atoms with van der Waals surface area (Å²) in [6, 6.07) is 7.09. The van der Waals surface area contributed by atoms with Crippen molar-refractivity contribution in [2.45, 2.75) is 19.4 Å². The summed E-state index contributed by atoms with van der Waals surface area (Å²) in [7, 11) is 0. The highest BCUT2D eigenvalue weighted by Gasteiger charge is 2.24. The van der Waals surface area contributed by atoms with Gasteiger partial charge in [-0.3, -0.25) is 9.78 Å². The van der Waals surface area contributed by atoms with Crippen LogP contribution < -0.4 is 5.32 Å². The van der Waals surface area contributed by atoms with E-state index in [4.69, 9.17) is 4.42 Å². The van der Waals surface area contributed by atoms with Crippen LogP contribution in [0.5, 0.6) is 0 Å². The van der Waals surface area contributed by atoms with Crippen molar-refractivity contribution in [3.63, 3.8) is 0 Å². The first kappa shape index (κ1) is 11.4. The van der Waals surface area contributed by atoms with Crippen molar-refractivity contribution in [3.05, 3.63) is 54.2 Å². The van der Waals surface area contributed by atoms with Crippen LogP contribution in [0.3, 0.4) is 0 Å². The van der Waals surface area contributed by atoms with Crippen LogP contribution in [-0.4, -0.2) is 10.9 Å². The highest BCUT2D eigenvalue weighted by Crippen LogP contribution is 2.19. The van der Waals surface area contributed by atoms with Crippen LogP contribution in [0.4, 0.5) is 0 Å². The number of hydrogen-bond acceptors (Lipinski definition) is 3. The molecule has 17 heavy (non-hydrogen) atoms. The summed E-state index contributed by atoms with van der Waals surface area (Å²) in [6.07, 6.45) is 4.92. The summed E-state index contributed by atoms with van der Waals surface area (Å²) < 4.78 is 5.05. The summed E-state index contributed by atoms with van der Waals surface area (Å²) in [6.45, 7) is 3.84. The van der Waals surface area contributed by atoms with Crippen LogP contribution >= 0.6 is 0 Å². The Hall–Kier alpha value is -2.10. The summed E-state index contributed by atoms with van der Waals surface area (Å²) in [5, 5.41) is 2.90. The third-order valence-electron chi connectivity index (χ3n) is 2.55. The molecule has 1 N–H and O–H groups in total. The second-order valence-corrected chi connectivity index (χ2v) is 4.30. The van der Waals surface area contributed by atoms with Gasteiger partial charge in [0.05, 0.1) is 11.8 Å². The fourth-order valence-corrected chi connectivity index (χ4v) is 1.56. The first-order chi connectivity index (χ1) is 8.09. The molecule has 2 rings (SSSR count). The van der Waals surface area contributed by atoms with Crippen molar-refractivity contribution in [1.29, 1.82) is 0 Å². The molecule has 0 aliphatic heterocycles. The largest absolute Gasteiger partial charge is 0.459 e. The zero-order valence-electron chi connectivity index (χ0n) is 9.81. The predicted molar refractivity (Wildman–Crippen MR) is 63.4 cm³/mol. The molecule has 4 nitrogen and oxygen atoms in total. The zero-order chi connectivity index (χ0) is 12.3. The first-order valence-electron chi connectivity index (χ1n) is 5.36. The number of aromatic nitrogens is 1. The lowest BCUT2D eigenvalue weighted by Crippen LogP contribution is -2.40. The molecule has 2 heterocycles. The van der Waals surface area contributed by atoms with E-state index in [1.165, 1.54) is 6.26 Å². The van der Waals surface area contributed by atoms with Crippen LogP contribution in [-0.2, 0) is 5.54 Å². The van der Waals surface area contributed by atoms with Gasteiger partial charge in [0.25, 0.3) is 5.91 Å². The number of furan rings is 1. The lowest BCUT2D eigenvalue weighted by Gasteiger charge is -2.25. The Morgan fingerprint density at radius 1 is 1.35 bits per heavy atom. The van der Waals surface area contributed by atoms with E-state index < -0.39 is 5.54 Å². The van der Waals surface area contributed by atoms with Gasteiger partial charge in [0, 0.05) is 12.4 Å². The third kappa shape index (κ3) is 2.53. The Bertz CT molecular complexity index is 489. The van der Waals surface area contributed by atoms with E-state index in [2.05, 4.69) is 10.3 Å². The number of rotatable bonds is 3. The van der Waals surface area contributed by atoms with Crippen molar-refractivity contribution in [2.24, 2.45) is 0 Å². The SMILES string of the molecule is CC(C)(NC(=O)c1ccco1)c1cccnc1. The summed E-state index contributed by atoms with van der Waals surface area (Å²) in [5.41, 5.74) is 0.456. The fraction of sp³-hybridized carbons (Fsp3) is 0.231. The predicted octanol–water partition coefficient (Wildman–Crippen LogP) is 2.34. The molecule has 0 aliphatic carbocycles. The van der Waals surface area contributed by atoms with E-state index >= 15 is 0 Å². The maximum absolute atomic E-state index is 11.9. The molecule has 88 valence electrons. The highest BCUT2D eigenvalue weighted by molar-refractivity contribution is 5.91. The van der Waals surface area contributed by atoms with Gasteiger partial charge < -0.3 is 9.73 Å². The Balaban J connectivity index is 2.15. The van der Waals surface area contributed by atoms with Gasteiger partial charge in [0.2, 0.25) is 0 Å². The lowest BCUT2D eigenvalue weighted by molar-refractivity contribution is 0.0883. The molecule has 4 heteroatoms. The summed E-state index contributed by atoms with van der Waals surface area (Å²) >= 11 is 0. The second-order valence-electron chi connectivity index (χ2n) is 4.30. The third-order valence-corrected chi connectivity index (χ3v) is 2.55. The Labute approximate surface area is 99.7 Å². The van der Waals surface area contributed by atoms with Crippen LogP contribution in [0.1, 0.15) is 30.0 Å². The minimum absolute atomic E-state index is 0.233. The molecular weight excluding hydrogens is 216 g/mol. The number of carbonyl (C=O) groups is 1. The van der Waals surface area contributed by atoms with Gasteiger partial charge >= 0.3 is 0 Å². The molecule has 2 aromatic heterocycles. The number of hydrogen-bond donors (Lipinski definition) is 1. The number of nitrogens with zero attached hydrogens (tertiary/aromatic N) is 1. The quantitative estimate of drug-likeness (QED) is 0.880. The Morgan fingerprint density at radius 3 is 2.76 bits per heavy atom. The van der Waals surface area contributed by atoms with Crippen molar-refractivity contribution in [3.8, 4) is 0 Å². The van der Waals surface area contributed by atoms with Crippen LogP contribution in [0.2, 0.25) is 0 Å². The molecule has 0 spiro atoms. The minimum Gasteiger partial charge on any atom is -0.459 e. The molecule has 0 aromatic carbocycles. The molecule has 0 saturated carbocycles. The molecule has 0 saturated heterocycles. The van der Waals surface area contributed by atoms with Crippen molar-refractivity contribution >= 4 is 5.91 Å². The average Bonchev–Trinajstić information content (AvgIpc) is 2.83. The molecule has 0 aliphatic rings. The maximum atomic E-state index is 11.9. The Kier molecular flexibility index (Phi) is 2.95. The zero-order valence-corrected chi connectivity index (χ0v) is 9.81. The monoisotopic (exact) mass is 230 g/mol. The summed E-state index contributed by atoms with van der Waals surface area (Å²) in [4.78, 5) is 15.9. The lowest BCUT2D eigenvalue weighted by atomic mass is 9.96.